The fraction of sp³-hybridized carbons (Fsp3) is 0.269. The van der Waals surface area contributed by atoms with Gasteiger partial charge in [0, 0.05) is 55.8 Å². The lowest BCUT2D eigenvalue weighted by Crippen LogP contribution is -2.52. The van der Waals surface area contributed by atoms with Gasteiger partial charge in [-0.15, -0.1) is 0 Å². The van der Waals surface area contributed by atoms with Crippen LogP contribution in [0.25, 0.3) is 11.3 Å². The lowest BCUT2D eigenvalue weighted by Gasteiger charge is -2.29. The summed E-state index contributed by atoms with van der Waals surface area (Å²) in [6.07, 6.45) is 6.04. The van der Waals surface area contributed by atoms with Crippen molar-refractivity contribution in [2.45, 2.75) is 38.5 Å². The molecule has 0 bridgehead atoms. The first kappa shape index (κ1) is 21.9. The highest BCUT2D eigenvalue weighted by Gasteiger charge is 2.39. The van der Waals surface area contributed by atoms with E-state index >= 15 is 0 Å². The Morgan fingerprint density at radius 2 is 1.91 bits per heavy atom. The number of carbonyl (C=O) groups is 3. The van der Waals surface area contributed by atoms with Gasteiger partial charge in [0.25, 0.3) is 5.91 Å². The van der Waals surface area contributed by atoms with Gasteiger partial charge in [-0.05, 0) is 60.5 Å². The van der Waals surface area contributed by atoms with E-state index < -0.39 is 11.9 Å². The molecular formula is C26H25N5O3. The first-order valence-electron chi connectivity index (χ1n) is 11.3. The molecule has 1 unspecified atom stereocenters. The fourth-order valence-corrected chi connectivity index (χ4v) is 4.64. The number of carbonyl (C=O) groups excluding carboxylic acids is 3. The molecule has 8 heteroatoms. The molecule has 1 saturated heterocycles. The van der Waals surface area contributed by atoms with Crippen LogP contribution in [0.5, 0.6) is 0 Å². The van der Waals surface area contributed by atoms with Crippen LogP contribution in [0.3, 0.4) is 0 Å². The van der Waals surface area contributed by atoms with Gasteiger partial charge in [0.05, 0.1) is 5.69 Å². The molecule has 2 aliphatic rings. The van der Waals surface area contributed by atoms with E-state index in [1.807, 2.05) is 36.5 Å². The Bertz CT molecular complexity index is 1260. The van der Waals surface area contributed by atoms with E-state index in [0.29, 0.717) is 18.5 Å². The summed E-state index contributed by atoms with van der Waals surface area (Å²) < 4.78 is 0. The molecule has 0 spiro atoms. The van der Waals surface area contributed by atoms with Crippen LogP contribution < -0.4 is 5.32 Å². The molecule has 172 valence electrons. The molecule has 0 aliphatic carbocycles. The van der Waals surface area contributed by atoms with Crippen molar-refractivity contribution in [2.75, 3.05) is 7.05 Å². The Kier molecular flexibility index (Phi) is 5.90. The third kappa shape index (κ3) is 4.45. The van der Waals surface area contributed by atoms with E-state index in [1.165, 1.54) is 0 Å². The van der Waals surface area contributed by atoms with Gasteiger partial charge in [0.15, 0.2) is 0 Å². The lowest BCUT2D eigenvalue weighted by atomic mass is 10.0. The molecule has 2 aliphatic heterocycles. The highest BCUT2D eigenvalue weighted by Crippen LogP contribution is 2.31. The Balaban J connectivity index is 1.31. The van der Waals surface area contributed by atoms with Crippen LogP contribution in [0.4, 0.5) is 0 Å². The largest absolute Gasteiger partial charge is 0.322 e. The predicted molar refractivity (Wildman–Crippen MR) is 125 cm³/mol. The van der Waals surface area contributed by atoms with Gasteiger partial charge in [0.1, 0.15) is 6.04 Å². The van der Waals surface area contributed by atoms with Crippen LogP contribution in [0, 0.1) is 0 Å². The summed E-state index contributed by atoms with van der Waals surface area (Å²) in [7, 11) is 2.07. The molecular weight excluding hydrogens is 430 g/mol. The summed E-state index contributed by atoms with van der Waals surface area (Å²) in [4.78, 5) is 49.2. The van der Waals surface area contributed by atoms with Crippen molar-refractivity contribution in [1.82, 2.24) is 25.1 Å². The number of imide groups is 1. The van der Waals surface area contributed by atoms with Gasteiger partial charge < -0.3 is 4.90 Å². The zero-order valence-electron chi connectivity index (χ0n) is 18.9. The zero-order chi connectivity index (χ0) is 23.7. The second kappa shape index (κ2) is 9.15. The number of nitrogens with one attached hydrogen (secondary N) is 1. The van der Waals surface area contributed by atoms with Crippen molar-refractivity contribution < 1.29 is 14.4 Å². The minimum atomic E-state index is -0.613. The molecule has 8 nitrogen and oxygen atoms in total. The number of hydrogen-bond acceptors (Lipinski definition) is 6. The highest BCUT2D eigenvalue weighted by molar-refractivity contribution is 6.05. The number of pyridine rings is 2. The van der Waals surface area contributed by atoms with Crippen molar-refractivity contribution in [1.29, 1.82) is 0 Å². The van der Waals surface area contributed by atoms with Crippen LogP contribution in [0.1, 0.15) is 39.9 Å². The number of amides is 3. The number of benzene rings is 1. The monoisotopic (exact) mass is 455 g/mol. The van der Waals surface area contributed by atoms with Crippen molar-refractivity contribution in [3.8, 4) is 11.3 Å². The standard InChI is InChI=1S/C26H25N5O3/c1-30(15-18-3-2-9-27-13-18)14-17-8-10-28-22(11-17)19-4-5-21-20(12-19)16-31(26(21)34)23-6-7-24(32)29-25(23)33/h2-5,8-13,23H,6-7,14-16H2,1H3,(H,29,32,33). The van der Waals surface area contributed by atoms with Gasteiger partial charge in [-0.2, -0.15) is 0 Å². The zero-order valence-corrected chi connectivity index (χ0v) is 18.9. The molecule has 2 aromatic heterocycles. The molecule has 3 aromatic rings. The van der Waals surface area contributed by atoms with Crippen molar-refractivity contribution in [3.63, 3.8) is 0 Å². The Morgan fingerprint density at radius 3 is 2.71 bits per heavy atom. The van der Waals surface area contributed by atoms with Crippen LogP contribution in [0.15, 0.2) is 61.1 Å². The molecule has 5 rings (SSSR count). The minimum Gasteiger partial charge on any atom is -0.322 e. The predicted octanol–water partition coefficient (Wildman–Crippen LogP) is 2.54. The Morgan fingerprint density at radius 1 is 1.06 bits per heavy atom. The minimum absolute atomic E-state index is 0.171. The summed E-state index contributed by atoms with van der Waals surface area (Å²) in [5, 5.41) is 2.34. The van der Waals surface area contributed by atoms with E-state index in [-0.39, 0.29) is 18.2 Å². The van der Waals surface area contributed by atoms with Crippen molar-refractivity contribution in [3.05, 3.63) is 83.3 Å². The maximum absolute atomic E-state index is 12.9. The molecule has 1 atom stereocenters. The number of piperidine rings is 1. The average Bonchev–Trinajstić information content (AvgIpc) is 3.15. The number of nitrogens with zero attached hydrogens (tertiary/aromatic N) is 4. The van der Waals surface area contributed by atoms with Crippen molar-refractivity contribution >= 4 is 17.7 Å². The molecule has 0 saturated carbocycles. The lowest BCUT2D eigenvalue weighted by molar-refractivity contribution is -0.136. The number of fused-ring (bicyclic) bond motifs is 1. The van der Waals surface area contributed by atoms with Gasteiger partial charge >= 0.3 is 0 Å². The third-order valence-corrected chi connectivity index (χ3v) is 6.27. The molecule has 34 heavy (non-hydrogen) atoms. The Labute approximate surface area is 197 Å². The van der Waals surface area contributed by atoms with Gasteiger partial charge in [0.2, 0.25) is 11.8 Å². The SMILES string of the molecule is CN(Cc1cccnc1)Cc1ccnc(-c2ccc3c(c2)CN(C2CCC(=O)NC2=O)C3=O)c1. The first-order chi connectivity index (χ1) is 16.5. The normalized spacial score (nSPS) is 17.8. The second-order valence-corrected chi connectivity index (χ2v) is 8.85. The highest BCUT2D eigenvalue weighted by atomic mass is 16.2. The molecule has 1 fully saturated rings. The molecule has 1 aromatic carbocycles. The topological polar surface area (TPSA) is 95.5 Å². The van der Waals surface area contributed by atoms with Crippen LogP contribution in [0.2, 0.25) is 0 Å². The molecule has 1 N–H and O–H groups in total. The number of rotatable bonds is 6. The van der Waals surface area contributed by atoms with E-state index in [0.717, 1.165) is 41.0 Å². The van der Waals surface area contributed by atoms with E-state index in [9.17, 15) is 14.4 Å². The van der Waals surface area contributed by atoms with Crippen LogP contribution >= 0.6 is 0 Å². The van der Waals surface area contributed by atoms with E-state index in [1.54, 1.807) is 17.3 Å². The molecule has 4 heterocycles. The van der Waals surface area contributed by atoms with Gasteiger partial charge in [-0.3, -0.25) is 34.6 Å². The Hall–Kier alpha value is -3.91. The summed E-state index contributed by atoms with van der Waals surface area (Å²) in [5.41, 5.74) is 5.52. The van der Waals surface area contributed by atoms with Crippen LogP contribution in [-0.4, -0.2) is 50.6 Å². The average molecular weight is 456 g/mol. The smallest absolute Gasteiger partial charge is 0.255 e. The summed E-state index contributed by atoms with van der Waals surface area (Å²) in [6, 6.07) is 13.1. The third-order valence-electron chi connectivity index (χ3n) is 6.27. The summed E-state index contributed by atoms with van der Waals surface area (Å²) in [5.74, 6) is -0.859. The molecule has 0 radical (unpaired) electrons. The summed E-state index contributed by atoms with van der Waals surface area (Å²) >= 11 is 0. The maximum Gasteiger partial charge on any atom is 0.255 e. The maximum atomic E-state index is 12.9. The number of aromatic nitrogens is 2. The first-order valence-corrected chi connectivity index (χ1v) is 11.3. The molecule has 3 amide bonds. The summed E-state index contributed by atoms with van der Waals surface area (Å²) in [6.45, 7) is 1.90. The number of hydrogen-bond donors (Lipinski definition) is 1. The van der Waals surface area contributed by atoms with E-state index in [4.69, 9.17) is 0 Å². The quantitative estimate of drug-likeness (QED) is 0.574. The second-order valence-electron chi connectivity index (χ2n) is 8.85. The fourth-order valence-electron chi connectivity index (χ4n) is 4.64. The van der Waals surface area contributed by atoms with E-state index in [2.05, 4.69) is 39.4 Å². The van der Waals surface area contributed by atoms with Crippen molar-refractivity contribution in [2.24, 2.45) is 0 Å². The van der Waals surface area contributed by atoms with Gasteiger partial charge in [-0.25, -0.2) is 0 Å². The van der Waals surface area contributed by atoms with Crippen LogP contribution in [-0.2, 0) is 29.2 Å². The van der Waals surface area contributed by atoms with Gasteiger partial charge in [-0.1, -0.05) is 12.1 Å².